The first-order valence-electron chi connectivity index (χ1n) is 6.58. The first-order valence-corrected chi connectivity index (χ1v) is 7.74. The minimum Gasteiger partial charge on any atom is -0.385 e. The highest BCUT2D eigenvalue weighted by Crippen LogP contribution is 2.10. The maximum Gasteiger partial charge on any atom is 0.251 e. The largest absolute Gasteiger partial charge is 0.385 e. The molecule has 1 aromatic rings. The lowest BCUT2D eigenvalue weighted by Crippen LogP contribution is -2.23. The van der Waals surface area contributed by atoms with Crippen LogP contribution < -0.4 is 10.6 Å². The molecule has 0 fully saturated rings. The van der Waals surface area contributed by atoms with Crippen LogP contribution in [-0.2, 0) is 0 Å². The van der Waals surface area contributed by atoms with Crippen molar-refractivity contribution < 1.29 is 4.79 Å². The summed E-state index contributed by atoms with van der Waals surface area (Å²) in [6, 6.07) is 7.55. The molecule has 104 valence electrons. The number of carbonyl (C=O) groups is 1. The quantitative estimate of drug-likeness (QED) is 0.538. The number of thioether (sulfide) groups is 1. The minimum atomic E-state index is -0.0641. The number of carbonyl (C=O) groups excluding carboxylic acids is 1. The Morgan fingerprint density at radius 1 is 1.37 bits per heavy atom. The first-order chi connectivity index (χ1) is 9.27. The van der Waals surface area contributed by atoms with E-state index >= 15 is 0 Å². The summed E-state index contributed by atoms with van der Waals surface area (Å²) in [6.45, 7) is 7.20. The summed E-state index contributed by atoms with van der Waals surface area (Å²) in [5.74, 6) is 2.30. The van der Waals surface area contributed by atoms with Gasteiger partial charge in [0.2, 0.25) is 0 Å². The molecule has 1 rings (SSSR count). The fraction of sp³-hybridized carbons (Fsp3) is 0.400. The SMILES string of the molecule is C=CCNC(=O)c1ccc(NCCCSCC)cc1. The maximum absolute atomic E-state index is 11.7. The molecule has 0 radical (unpaired) electrons. The lowest BCUT2D eigenvalue weighted by atomic mass is 10.2. The Morgan fingerprint density at radius 2 is 2.11 bits per heavy atom. The van der Waals surface area contributed by atoms with Gasteiger partial charge in [-0.3, -0.25) is 4.79 Å². The van der Waals surface area contributed by atoms with Gasteiger partial charge in [-0.25, -0.2) is 0 Å². The molecule has 0 aliphatic heterocycles. The molecule has 1 aromatic carbocycles. The number of hydrogen-bond acceptors (Lipinski definition) is 3. The van der Waals surface area contributed by atoms with Crippen molar-refractivity contribution in [3.05, 3.63) is 42.5 Å². The average Bonchev–Trinajstić information content (AvgIpc) is 2.45. The van der Waals surface area contributed by atoms with Crippen LogP contribution in [0.15, 0.2) is 36.9 Å². The minimum absolute atomic E-state index is 0.0641. The van der Waals surface area contributed by atoms with E-state index in [1.807, 2.05) is 36.0 Å². The number of rotatable bonds is 9. The van der Waals surface area contributed by atoms with Crippen LogP contribution in [0, 0.1) is 0 Å². The number of anilines is 1. The van der Waals surface area contributed by atoms with Gasteiger partial charge >= 0.3 is 0 Å². The molecule has 2 N–H and O–H groups in total. The van der Waals surface area contributed by atoms with Crippen molar-refractivity contribution in [3.8, 4) is 0 Å². The summed E-state index contributed by atoms with van der Waals surface area (Å²) >= 11 is 1.96. The molecule has 0 aromatic heterocycles. The van der Waals surface area contributed by atoms with Crippen LogP contribution in [0.3, 0.4) is 0 Å². The zero-order valence-electron chi connectivity index (χ0n) is 11.4. The summed E-state index contributed by atoms with van der Waals surface area (Å²) in [5, 5.41) is 6.11. The third kappa shape index (κ3) is 6.34. The van der Waals surface area contributed by atoms with Crippen molar-refractivity contribution in [1.29, 1.82) is 0 Å². The van der Waals surface area contributed by atoms with Gasteiger partial charge in [-0.2, -0.15) is 11.8 Å². The van der Waals surface area contributed by atoms with Gasteiger partial charge in [-0.15, -0.1) is 6.58 Å². The highest BCUT2D eigenvalue weighted by Gasteiger charge is 2.03. The highest BCUT2D eigenvalue weighted by molar-refractivity contribution is 7.99. The van der Waals surface area contributed by atoms with Crippen LogP contribution in [0.1, 0.15) is 23.7 Å². The highest BCUT2D eigenvalue weighted by atomic mass is 32.2. The van der Waals surface area contributed by atoms with E-state index in [-0.39, 0.29) is 5.91 Å². The number of hydrogen-bond donors (Lipinski definition) is 2. The third-order valence-electron chi connectivity index (χ3n) is 2.55. The molecule has 0 unspecified atom stereocenters. The van der Waals surface area contributed by atoms with Crippen molar-refractivity contribution in [3.63, 3.8) is 0 Å². The third-order valence-corrected chi connectivity index (χ3v) is 3.54. The van der Waals surface area contributed by atoms with Gasteiger partial charge in [-0.05, 0) is 42.2 Å². The first kappa shape index (κ1) is 15.6. The van der Waals surface area contributed by atoms with E-state index in [1.165, 1.54) is 11.5 Å². The average molecular weight is 278 g/mol. The van der Waals surface area contributed by atoms with E-state index in [0.717, 1.165) is 18.7 Å². The van der Waals surface area contributed by atoms with Gasteiger partial charge in [0, 0.05) is 24.3 Å². The fourth-order valence-corrected chi connectivity index (χ4v) is 2.19. The van der Waals surface area contributed by atoms with Crippen molar-refractivity contribution in [2.24, 2.45) is 0 Å². The van der Waals surface area contributed by atoms with E-state index in [2.05, 4.69) is 24.1 Å². The van der Waals surface area contributed by atoms with E-state index in [9.17, 15) is 4.79 Å². The molecule has 0 heterocycles. The van der Waals surface area contributed by atoms with Gasteiger partial charge in [0.05, 0.1) is 0 Å². The van der Waals surface area contributed by atoms with Crippen molar-refractivity contribution in [1.82, 2.24) is 5.32 Å². The molecule has 19 heavy (non-hydrogen) atoms. The van der Waals surface area contributed by atoms with Crippen LogP contribution >= 0.6 is 11.8 Å². The lowest BCUT2D eigenvalue weighted by molar-refractivity contribution is 0.0958. The van der Waals surface area contributed by atoms with Crippen molar-refractivity contribution in [2.75, 3.05) is 29.9 Å². The molecule has 3 nitrogen and oxygen atoms in total. The van der Waals surface area contributed by atoms with Crippen LogP contribution in [0.2, 0.25) is 0 Å². The summed E-state index contributed by atoms with van der Waals surface area (Å²) in [6.07, 6.45) is 2.82. The molecule has 0 atom stereocenters. The second-order valence-corrected chi connectivity index (χ2v) is 5.45. The molecule has 1 amide bonds. The van der Waals surface area contributed by atoms with E-state index in [1.54, 1.807) is 6.08 Å². The maximum atomic E-state index is 11.7. The summed E-state index contributed by atoms with van der Waals surface area (Å²) in [4.78, 5) is 11.7. The van der Waals surface area contributed by atoms with Gasteiger partial charge in [-0.1, -0.05) is 13.0 Å². The second-order valence-electron chi connectivity index (χ2n) is 4.05. The second kappa shape index (κ2) is 9.50. The normalized spacial score (nSPS) is 9.95. The molecule has 4 heteroatoms. The molecular formula is C15H22N2OS. The zero-order valence-corrected chi connectivity index (χ0v) is 12.3. The molecule has 0 spiro atoms. The zero-order chi connectivity index (χ0) is 13.9. The van der Waals surface area contributed by atoms with Gasteiger partial charge in [0.15, 0.2) is 0 Å². The predicted octanol–water partition coefficient (Wildman–Crippen LogP) is 3.16. The Hall–Kier alpha value is -1.42. The number of benzene rings is 1. The summed E-state index contributed by atoms with van der Waals surface area (Å²) < 4.78 is 0. The van der Waals surface area contributed by atoms with Crippen molar-refractivity contribution >= 4 is 23.4 Å². The van der Waals surface area contributed by atoms with Gasteiger partial charge < -0.3 is 10.6 Å². The van der Waals surface area contributed by atoms with Gasteiger partial charge in [0.25, 0.3) is 5.91 Å². The lowest BCUT2D eigenvalue weighted by Gasteiger charge is -2.07. The molecule has 0 bridgehead atoms. The smallest absolute Gasteiger partial charge is 0.251 e. The van der Waals surface area contributed by atoms with Crippen LogP contribution in [0.4, 0.5) is 5.69 Å². The molecule has 0 saturated carbocycles. The Morgan fingerprint density at radius 3 is 2.74 bits per heavy atom. The summed E-state index contributed by atoms with van der Waals surface area (Å²) in [5.41, 5.74) is 1.73. The fourth-order valence-electron chi connectivity index (χ4n) is 1.56. The monoisotopic (exact) mass is 278 g/mol. The van der Waals surface area contributed by atoms with Crippen molar-refractivity contribution in [2.45, 2.75) is 13.3 Å². The molecule has 0 aliphatic rings. The van der Waals surface area contributed by atoms with Crippen LogP contribution in [0.25, 0.3) is 0 Å². The molecule has 0 aliphatic carbocycles. The van der Waals surface area contributed by atoms with E-state index in [4.69, 9.17) is 0 Å². The standard InChI is InChI=1S/C15H22N2OS/c1-3-10-17-15(18)13-6-8-14(9-7-13)16-11-5-12-19-4-2/h3,6-9,16H,1,4-5,10-12H2,2H3,(H,17,18). The Bertz CT molecular complexity index is 390. The number of amides is 1. The molecular weight excluding hydrogens is 256 g/mol. The Kier molecular flexibility index (Phi) is 7.82. The molecule has 0 saturated heterocycles. The van der Waals surface area contributed by atoms with E-state index in [0.29, 0.717) is 12.1 Å². The Balaban J connectivity index is 2.34. The Labute approximate surface area is 119 Å². The summed E-state index contributed by atoms with van der Waals surface area (Å²) in [7, 11) is 0. The van der Waals surface area contributed by atoms with Crippen LogP contribution in [-0.4, -0.2) is 30.5 Å². The topological polar surface area (TPSA) is 41.1 Å². The number of nitrogens with one attached hydrogen (secondary N) is 2. The predicted molar refractivity (Wildman–Crippen MR) is 85.1 cm³/mol. The van der Waals surface area contributed by atoms with Crippen LogP contribution in [0.5, 0.6) is 0 Å². The van der Waals surface area contributed by atoms with Gasteiger partial charge in [0.1, 0.15) is 0 Å². The van der Waals surface area contributed by atoms with E-state index < -0.39 is 0 Å².